The quantitative estimate of drug-likeness (QED) is 0.687. The van der Waals surface area contributed by atoms with Crippen LogP contribution in [0, 0.1) is 0 Å². The monoisotopic (exact) mass is 253 g/mol. The van der Waals surface area contributed by atoms with Gasteiger partial charge in [0.2, 0.25) is 5.89 Å². The van der Waals surface area contributed by atoms with Crippen molar-refractivity contribution >= 4 is 22.5 Å². The van der Waals surface area contributed by atoms with Crippen LogP contribution in [0.25, 0.3) is 22.6 Å². The third-order valence-electron chi connectivity index (χ3n) is 3.08. The van der Waals surface area contributed by atoms with E-state index in [2.05, 4.69) is 11.9 Å². The Hall–Kier alpha value is -2.49. The molecule has 0 aliphatic carbocycles. The average Bonchev–Trinajstić information content (AvgIpc) is 2.80. The molecule has 0 atom stereocenters. The first kappa shape index (κ1) is 11.6. The van der Waals surface area contributed by atoms with E-state index >= 15 is 0 Å². The molecule has 4 N–H and O–H groups in total. The van der Waals surface area contributed by atoms with E-state index in [0.29, 0.717) is 17.3 Å². The van der Waals surface area contributed by atoms with Crippen molar-refractivity contribution in [3.8, 4) is 11.5 Å². The first-order valence-corrected chi connectivity index (χ1v) is 6.21. The molecular formula is C15H15N3O. The fourth-order valence-corrected chi connectivity index (χ4v) is 2.12. The highest BCUT2D eigenvalue weighted by Crippen LogP contribution is 2.28. The minimum absolute atomic E-state index is 0.544. The van der Waals surface area contributed by atoms with Crippen LogP contribution in [0.3, 0.4) is 0 Å². The van der Waals surface area contributed by atoms with Gasteiger partial charge in [-0.1, -0.05) is 13.0 Å². The summed E-state index contributed by atoms with van der Waals surface area (Å²) in [7, 11) is 0. The Labute approximate surface area is 111 Å². The Morgan fingerprint density at radius 2 is 1.79 bits per heavy atom. The van der Waals surface area contributed by atoms with Crippen LogP contribution in [0.2, 0.25) is 0 Å². The van der Waals surface area contributed by atoms with Crippen LogP contribution in [-0.4, -0.2) is 4.98 Å². The summed E-state index contributed by atoms with van der Waals surface area (Å²) in [5.74, 6) is 0.544. The van der Waals surface area contributed by atoms with Gasteiger partial charge in [0.15, 0.2) is 5.58 Å². The van der Waals surface area contributed by atoms with Crippen LogP contribution in [0.4, 0.5) is 11.4 Å². The van der Waals surface area contributed by atoms with Crippen molar-refractivity contribution in [3.05, 3.63) is 42.0 Å². The number of aromatic nitrogens is 1. The molecule has 0 unspecified atom stereocenters. The lowest BCUT2D eigenvalue weighted by Gasteiger charge is -2.00. The second-order valence-electron chi connectivity index (χ2n) is 4.56. The number of aryl methyl sites for hydroxylation is 1. The molecule has 0 spiro atoms. The SMILES string of the molecule is CCc1ccc2oc(-c3cc(N)cc(N)c3)nc2c1. The number of anilines is 2. The standard InChI is InChI=1S/C15H15N3O/c1-2-9-3-4-14-13(5-9)18-15(19-14)10-6-11(16)8-12(17)7-10/h3-8H,2,16-17H2,1H3. The van der Waals surface area contributed by atoms with Gasteiger partial charge in [-0.3, -0.25) is 0 Å². The molecule has 4 nitrogen and oxygen atoms in total. The van der Waals surface area contributed by atoms with Crippen LogP contribution < -0.4 is 11.5 Å². The molecule has 4 heteroatoms. The number of rotatable bonds is 2. The summed E-state index contributed by atoms with van der Waals surface area (Å²) in [6.45, 7) is 2.11. The van der Waals surface area contributed by atoms with E-state index in [9.17, 15) is 0 Å². The molecule has 3 rings (SSSR count). The number of benzene rings is 2. The molecule has 0 saturated heterocycles. The highest BCUT2D eigenvalue weighted by molar-refractivity contribution is 5.78. The molecule has 1 heterocycles. The topological polar surface area (TPSA) is 78.1 Å². The zero-order chi connectivity index (χ0) is 13.4. The van der Waals surface area contributed by atoms with Gasteiger partial charge in [-0.15, -0.1) is 0 Å². The first-order chi connectivity index (χ1) is 9.15. The lowest BCUT2D eigenvalue weighted by Crippen LogP contribution is -1.91. The molecule has 2 aromatic carbocycles. The number of nitrogens with zero attached hydrogens (tertiary/aromatic N) is 1. The van der Waals surface area contributed by atoms with Gasteiger partial charge in [0, 0.05) is 16.9 Å². The molecule has 0 saturated carbocycles. The molecule has 19 heavy (non-hydrogen) atoms. The van der Waals surface area contributed by atoms with Gasteiger partial charge in [0.25, 0.3) is 0 Å². The maximum Gasteiger partial charge on any atom is 0.227 e. The van der Waals surface area contributed by atoms with E-state index < -0.39 is 0 Å². The molecule has 96 valence electrons. The number of hydrogen-bond donors (Lipinski definition) is 2. The number of hydrogen-bond acceptors (Lipinski definition) is 4. The van der Waals surface area contributed by atoms with Crippen molar-refractivity contribution in [3.63, 3.8) is 0 Å². The van der Waals surface area contributed by atoms with Crippen molar-refractivity contribution in [1.82, 2.24) is 4.98 Å². The summed E-state index contributed by atoms with van der Waals surface area (Å²) >= 11 is 0. The van der Waals surface area contributed by atoms with E-state index in [1.807, 2.05) is 30.3 Å². The van der Waals surface area contributed by atoms with Gasteiger partial charge >= 0.3 is 0 Å². The molecule has 0 aliphatic heterocycles. The minimum Gasteiger partial charge on any atom is -0.436 e. The van der Waals surface area contributed by atoms with Crippen LogP contribution in [0.5, 0.6) is 0 Å². The zero-order valence-electron chi connectivity index (χ0n) is 10.7. The first-order valence-electron chi connectivity index (χ1n) is 6.21. The summed E-state index contributed by atoms with van der Waals surface area (Å²) < 4.78 is 5.74. The van der Waals surface area contributed by atoms with Crippen molar-refractivity contribution in [1.29, 1.82) is 0 Å². The van der Waals surface area contributed by atoms with E-state index in [1.54, 1.807) is 6.07 Å². The lowest BCUT2D eigenvalue weighted by atomic mass is 10.1. The van der Waals surface area contributed by atoms with Gasteiger partial charge in [-0.25, -0.2) is 4.98 Å². The predicted octanol–water partition coefficient (Wildman–Crippen LogP) is 3.22. The number of nitrogen functional groups attached to an aromatic ring is 2. The van der Waals surface area contributed by atoms with E-state index in [1.165, 1.54) is 5.56 Å². The Morgan fingerprint density at radius 3 is 2.47 bits per heavy atom. The van der Waals surface area contributed by atoms with E-state index in [-0.39, 0.29) is 0 Å². The van der Waals surface area contributed by atoms with E-state index in [0.717, 1.165) is 23.1 Å². The Morgan fingerprint density at radius 1 is 1.05 bits per heavy atom. The van der Waals surface area contributed by atoms with Gasteiger partial charge in [0.05, 0.1) is 0 Å². The highest BCUT2D eigenvalue weighted by atomic mass is 16.3. The maximum absolute atomic E-state index is 5.79. The van der Waals surface area contributed by atoms with Gasteiger partial charge in [-0.05, 0) is 42.3 Å². The van der Waals surface area contributed by atoms with Crippen molar-refractivity contribution in [2.24, 2.45) is 0 Å². The van der Waals surface area contributed by atoms with Gasteiger partial charge in [0.1, 0.15) is 5.52 Å². The normalized spacial score (nSPS) is 11.0. The third-order valence-corrected chi connectivity index (χ3v) is 3.08. The van der Waals surface area contributed by atoms with Gasteiger partial charge in [-0.2, -0.15) is 0 Å². The maximum atomic E-state index is 5.79. The summed E-state index contributed by atoms with van der Waals surface area (Å²) in [4.78, 5) is 4.50. The smallest absolute Gasteiger partial charge is 0.227 e. The molecule has 1 aromatic heterocycles. The largest absolute Gasteiger partial charge is 0.436 e. The molecule has 0 aliphatic rings. The second kappa shape index (κ2) is 4.31. The Bertz CT molecular complexity index is 726. The van der Waals surface area contributed by atoms with Gasteiger partial charge < -0.3 is 15.9 Å². The van der Waals surface area contributed by atoms with Crippen LogP contribution >= 0.6 is 0 Å². The fraction of sp³-hybridized carbons (Fsp3) is 0.133. The van der Waals surface area contributed by atoms with Crippen molar-refractivity contribution in [2.45, 2.75) is 13.3 Å². The zero-order valence-corrected chi connectivity index (χ0v) is 10.7. The third kappa shape index (κ3) is 2.12. The Kier molecular flexibility index (Phi) is 2.63. The molecule has 3 aromatic rings. The van der Waals surface area contributed by atoms with Crippen LogP contribution in [-0.2, 0) is 6.42 Å². The van der Waals surface area contributed by atoms with E-state index in [4.69, 9.17) is 15.9 Å². The Balaban J connectivity index is 2.14. The number of fused-ring (bicyclic) bond motifs is 1. The summed E-state index contributed by atoms with van der Waals surface area (Å²) in [6, 6.07) is 11.4. The summed E-state index contributed by atoms with van der Waals surface area (Å²) in [5, 5.41) is 0. The molecular weight excluding hydrogens is 238 g/mol. The molecule has 0 bridgehead atoms. The van der Waals surface area contributed by atoms with Crippen LogP contribution in [0.15, 0.2) is 40.8 Å². The average molecular weight is 253 g/mol. The predicted molar refractivity (Wildman–Crippen MR) is 77.6 cm³/mol. The second-order valence-corrected chi connectivity index (χ2v) is 4.56. The number of oxazole rings is 1. The molecule has 0 fully saturated rings. The number of nitrogens with two attached hydrogens (primary N) is 2. The highest BCUT2D eigenvalue weighted by Gasteiger charge is 2.09. The summed E-state index contributed by atoms with van der Waals surface area (Å²) in [6.07, 6.45) is 0.976. The van der Waals surface area contributed by atoms with Crippen LogP contribution in [0.1, 0.15) is 12.5 Å². The van der Waals surface area contributed by atoms with Crippen molar-refractivity contribution < 1.29 is 4.42 Å². The molecule has 0 radical (unpaired) electrons. The lowest BCUT2D eigenvalue weighted by molar-refractivity contribution is 0.620. The summed E-state index contributed by atoms with van der Waals surface area (Å²) in [5.41, 5.74) is 16.4. The fourth-order valence-electron chi connectivity index (χ4n) is 2.12. The van der Waals surface area contributed by atoms with Crippen molar-refractivity contribution in [2.75, 3.05) is 11.5 Å². The molecule has 0 amide bonds. The minimum atomic E-state index is 0.544.